The Balaban J connectivity index is 0.00000261. The van der Waals surface area contributed by atoms with E-state index in [1.807, 2.05) is 25.8 Å². The molecular weight excluding hydrogens is 366 g/mol. The van der Waals surface area contributed by atoms with Gasteiger partial charge in [-0.1, -0.05) is 0 Å². The van der Waals surface area contributed by atoms with E-state index in [9.17, 15) is 9.59 Å². The molecule has 0 unspecified atom stereocenters. The van der Waals surface area contributed by atoms with Crippen LogP contribution in [-0.4, -0.2) is 52.3 Å². The average Bonchev–Trinajstić information content (AvgIpc) is 2.90. The lowest BCUT2D eigenvalue weighted by atomic mass is 9.93. The lowest BCUT2D eigenvalue weighted by molar-refractivity contribution is -0.131. The number of nitrogens with one attached hydrogen (secondary N) is 2. The molecule has 0 radical (unpaired) electrons. The van der Waals surface area contributed by atoms with Gasteiger partial charge in [0.25, 0.3) is 5.56 Å². The number of hydrogen-bond donors (Lipinski definition) is 2. The molecule has 0 spiro atoms. The van der Waals surface area contributed by atoms with E-state index in [0.717, 1.165) is 49.3 Å². The van der Waals surface area contributed by atoms with Gasteiger partial charge in [0, 0.05) is 25.8 Å². The van der Waals surface area contributed by atoms with Crippen molar-refractivity contribution in [2.45, 2.75) is 39.5 Å². The van der Waals surface area contributed by atoms with Gasteiger partial charge in [-0.3, -0.25) is 19.4 Å². The summed E-state index contributed by atoms with van der Waals surface area (Å²) in [6.45, 7) is 6.52. The Morgan fingerprint density at radius 2 is 1.96 bits per heavy atom. The Labute approximate surface area is 165 Å². The highest BCUT2D eigenvalue weighted by Gasteiger charge is 2.24. The van der Waals surface area contributed by atoms with Gasteiger partial charge in [-0.05, 0) is 63.7 Å². The monoisotopic (exact) mass is 395 g/mol. The van der Waals surface area contributed by atoms with E-state index >= 15 is 0 Å². The number of H-pyrrole nitrogens is 1. The number of piperidine rings is 1. The minimum Gasteiger partial charge on any atom is -0.342 e. The van der Waals surface area contributed by atoms with Crippen molar-refractivity contribution < 1.29 is 4.79 Å². The highest BCUT2D eigenvalue weighted by atomic mass is 35.5. The number of pyridine rings is 1. The molecule has 27 heavy (non-hydrogen) atoms. The summed E-state index contributed by atoms with van der Waals surface area (Å²) in [5, 5.41) is 6.53. The van der Waals surface area contributed by atoms with E-state index in [-0.39, 0.29) is 23.9 Å². The maximum atomic E-state index is 12.8. The van der Waals surface area contributed by atoms with E-state index in [1.54, 1.807) is 11.7 Å². The third-order valence-corrected chi connectivity index (χ3v) is 5.67. The van der Waals surface area contributed by atoms with E-state index in [2.05, 4.69) is 15.4 Å². The smallest absolute Gasteiger partial charge is 0.273 e. The summed E-state index contributed by atoms with van der Waals surface area (Å²) in [6, 6.07) is 0. The maximum Gasteiger partial charge on any atom is 0.273 e. The fourth-order valence-electron chi connectivity index (χ4n) is 3.99. The zero-order valence-corrected chi connectivity index (χ0v) is 17.4. The Morgan fingerprint density at radius 1 is 1.30 bits per heavy atom. The normalized spacial score (nSPS) is 15.2. The molecule has 1 aliphatic heterocycles. The number of nitrogens with zero attached hydrogens (tertiary/aromatic N) is 3. The quantitative estimate of drug-likeness (QED) is 0.807. The first kappa shape index (κ1) is 21.4. The number of carbonyl (C=O) groups excluding carboxylic acids is 1. The third-order valence-electron chi connectivity index (χ3n) is 5.67. The molecule has 0 aliphatic carbocycles. The number of halogens is 1. The van der Waals surface area contributed by atoms with Crippen LogP contribution in [-0.2, 0) is 18.3 Å². The number of rotatable bonds is 5. The van der Waals surface area contributed by atoms with Gasteiger partial charge in [0.1, 0.15) is 0 Å². The van der Waals surface area contributed by atoms with Crippen LogP contribution in [0.4, 0.5) is 0 Å². The van der Waals surface area contributed by atoms with Crippen LogP contribution in [0.1, 0.15) is 36.1 Å². The zero-order valence-electron chi connectivity index (χ0n) is 16.6. The van der Waals surface area contributed by atoms with Crippen molar-refractivity contribution in [2.24, 2.45) is 13.0 Å². The third kappa shape index (κ3) is 4.35. The largest absolute Gasteiger partial charge is 0.342 e. The average molecular weight is 396 g/mol. The van der Waals surface area contributed by atoms with Crippen molar-refractivity contribution >= 4 is 29.3 Å². The molecule has 7 nitrogen and oxygen atoms in total. The van der Waals surface area contributed by atoms with Gasteiger partial charge in [-0.15, -0.1) is 12.4 Å². The molecule has 1 aliphatic rings. The molecule has 0 aromatic carbocycles. The van der Waals surface area contributed by atoms with Crippen molar-refractivity contribution in [2.75, 3.05) is 26.7 Å². The molecule has 8 heteroatoms. The molecule has 0 atom stereocenters. The van der Waals surface area contributed by atoms with Crippen molar-refractivity contribution in [1.29, 1.82) is 0 Å². The lowest BCUT2D eigenvalue weighted by Crippen LogP contribution is -2.40. The number of amides is 1. The molecule has 2 aromatic rings. The van der Waals surface area contributed by atoms with Crippen LogP contribution in [0.25, 0.3) is 11.0 Å². The molecule has 1 saturated heterocycles. The second kappa shape index (κ2) is 8.89. The maximum absolute atomic E-state index is 12.8. The first-order valence-electron chi connectivity index (χ1n) is 9.39. The van der Waals surface area contributed by atoms with Gasteiger partial charge in [0.2, 0.25) is 5.91 Å². The first-order valence-corrected chi connectivity index (χ1v) is 9.39. The van der Waals surface area contributed by atoms with E-state index in [0.29, 0.717) is 23.4 Å². The van der Waals surface area contributed by atoms with E-state index in [4.69, 9.17) is 0 Å². The molecule has 2 N–H and O–H groups in total. The van der Waals surface area contributed by atoms with Gasteiger partial charge >= 0.3 is 0 Å². The van der Waals surface area contributed by atoms with Gasteiger partial charge < -0.3 is 10.2 Å². The molecule has 1 amide bonds. The summed E-state index contributed by atoms with van der Waals surface area (Å²) in [5.74, 6) is 0.840. The summed E-state index contributed by atoms with van der Waals surface area (Å²) < 4.78 is 1.64. The second-order valence-corrected chi connectivity index (χ2v) is 7.39. The molecule has 3 rings (SSSR count). The fraction of sp³-hybridized carbons (Fsp3) is 0.632. The Kier molecular flexibility index (Phi) is 7.06. The van der Waals surface area contributed by atoms with Gasteiger partial charge in [-0.2, -0.15) is 0 Å². The molecule has 1 fully saturated rings. The number of aromatic nitrogens is 3. The highest BCUT2D eigenvalue weighted by Crippen LogP contribution is 2.23. The first-order chi connectivity index (χ1) is 12.4. The Hall–Kier alpha value is -1.86. The van der Waals surface area contributed by atoms with Gasteiger partial charge in [0.05, 0.1) is 11.8 Å². The summed E-state index contributed by atoms with van der Waals surface area (Å²) in [7, 11) is 3.75. The summed E-state index contributed by atoms with van der Waals surface area (Å²) >= 11 is 0. The topological polar surface area (TPSA) is 83.0 Å². The van der Waals surface area contributed by atoms with Crippen LogP contribution in [0.5, 0.6) is 0 Å². The standard InChI is InChI=1S/C19H29N5O2.ClH/c1-12-15(13(2)21-18-17(12)19(26)22-23(18)4)11-16(25)24-9-6-14(7-10-24)5-8-20-3;/h14,20H,5-11H2,1-4H3,(H,22,26);1H. The van der Waals surface area contributed by atoms with Crippen molar-refractivity contribution in [3.8, 4) is 0 Å². The minimum atomic E-state index is -0.147. The van der Waals surface area contributed by atoms with E-state index in [1.165, 1.54) is 6.42 Å². The predicted molar refractivity (Wildman–Crippen MR) is 110 cm³/mol. The molecule has 150 valence electrons. The number of fused-ring (bicyclic) bond motifs is 1. The van der Waals surface area contributed by atoms with Crippen LogP contribution in [0.3, 0.4) is 0 Å². The van der Waals surface area contributed by atoms with Crippen molar-refractivity contribution in [3.05, 3.63) is 27.2 Å². The zero-order chi connectivity index (χ0) is 18.8. The van der Waals surface area contributed by atoms with E-state index < -0.39 is 0 Å². The minimum absolute atomic E-state index is 0. The molecule has 0 bridgehead atoms. The van der Waals surface area contributed by atoms with Crippen molar-refractivity contribution in [1.82, 2.24) is 25.0 Å². The number of aryl methyl sites for hydroxylation is 3. The number of hydrogen-bond acceptors (Lipinski definition) is 4. The summed E-state index contributed by atoms with van der Waals surface area (Å²) in [4.78, 5) is 31.5. The molecule has 0 saturated carbocycles. The van der Waals surface area contributed by atoms with Crippen LogP contribution in [0.15, 0.2) is 4.79 Å². The summed E-state index contributed by atoms with van der Waals surface area (Å²) in [5.41, 5.74) is 3.07. The Morgan fingerprint density at radius 3 is 2.59 bits per heavy atom. The van der Waals surface area contributed by atoms with Crippen molar-refractivity contribution in [3.63, 3.8) is 0 Å². The van der Waals surface area contributed by atoms with Gasteiger partial charge in [-0.25, -0.2) is 4.98 Å². The van der Waals surface area contributed by atoms with Crippen LogP contribution < -0.4 is 10.9 Å². The van der Waals surface area contributed by atoms with Crippen LogP contribution >= 0.6 is 12.4 Å². The molecule has 3 heterocycles. The SMILES string of the molecule is CNCCC1CCN(C(=O)Cc2c(C)nc3c(c2C)c(=O)[nH]n3C)CC1.Cl. The molecule has 2 aromatic heterocycles. The predicted octanol–water partition coefficient (Wildman–Crippen LogP) is 1.69. The number of aromatic amines is 1. The highest BCUT2D eigenvalue weighted by molar-refractivity contribution is 5.85. The molecular formula is C19H30ClN5O2. The van der Waals surface area contributed by atoms with Gasteiger partial charge in [0.15, 0.2) is 5.65 Å². The fourth-order valence-corrected chi connectivity index (χ4v) is 3.99. The second-order valence-electron chi connectivity index (χ2n) is 7.39. The van der Waals surface area contributed by atoms with Crippen LogP contribution in [0, 0.1) is 19.8 Å². The van der Waals surface area contributed by atoms with Crippen LogP contribution in [0.2, 0.25) is 0 Å². The number of likely N-dealkylation sites (tertiary alicyclic amines) is 1. The Bertz CT molecular complexity index is 865. The lowest BCUT2D eigenvalue weighted by Gasteiger charge is -2.32. The summed E-state index contributed by atoms with van der Waals surface area (Å²) in [6.07, 6.45) is 3.63. The number of carbonyl (C=O) groups is 1.